The third-order valence-electron chi connectivity index (χ3n) is 17.1. The van der Waals surface area contributed by atoms with Crippen LogP contribution in [0.15, 0.2) is 94.4 Å². The number of unbranched alkanes of at least 4 members (excludes halogenated alkanes) is 13. The lowest BCUT2D eigenvalue weighted by Crippen LogP contribution is -2.37. The van der Waals surface area contributed by atoms with Crippen LogP contribution < -0.4 is 33.4 Å². The summed E-state index contributed by atoms with van der Waals surface area (Å²) in [6.45, 7) is 11.6. The highest BCUT2D eigenvalue weighted by atomic mass is 16.2. The summed E-state index contributed by atoms with van der Waals surface area (Å²) in [7, 11) is 0. The molecule has 0 atom stereocenters. The number of rotatable bonds is 28. The Bertz CT molecular complexity index is 3800. The molecule has 10 nitrogen and oxygen atoms in total. The molecule has 396 valence electrons. The number of pyridine rings is 2. The van der Waals surface area contributed by atoms with Gasteiger partial charge in [0, 0.05) is 57.2 Å². The lowest BCUT2D eigenvalue weighted by atomic mass is 9.81. The van der Waals surface area contributed by atoms with Gasteiger partial charge in [-0.15, -0.1) is 0 Å². The summed E-state index contributed by atoms with van der Waals surface area (Å²) in [6, 6.07) is 18.3. The van der Waals surface area contributed by atoms with Crippen molar-refractivity contribution in [3.8, 4) is 0 Å². The van der Waals surface area contributed by atoms with Gasteiger partial charge in [0.25, 0.3) is 33.4 Å². The van der Waals surface area contributed by atoms with Crippen LogP contribution in [-0.4, -0.2) is 26.5 Å². The van der Waals surface area contributed by atoms with Gasteiger partial charge in [-0.2, -0.15) is 0 Å². The SMILES string of the molecule is CCCCCCC(CCCCCC)n1c(=O)c2ccc3c4ccc5c(=O)n(C(CCCCCC)CCCCCC)c(=O)c6cc7c8c(=O)n(Cc9ccc(C=NCCCC)cc9)c(=O)c8c8cc(c1=O)c2c3c8c7c4c56. The average Bonchev–Trinajstić information content (AvgIpc) is 3.85. The second-order valence-corrected chi connectivity index (χ2v) is 22.3. The smallest absolute Gasteiger partial charge is 0.262 e. The highest BCUT2D eigenvalue weighted by molar-refractivity contribution is 6.48. The Labute approximate surface area is 444 Å². The van der Waals surface area contributed by atoms with Crippen LogP contribution >= 0.6 is 0 Å². The van der Waals surface area contributed by atoms with Crippen molar-refractivity contribution >= 4 is 92.4 Å². The van der Waals surface area contributed by atoms with Crippen molar-refractivity contribution in [2.75, 3.05) is 6.54 Å². The van der Waals surface area contributed by atoms with E-state index in [2.05, 4.69) is 39.6 Å². The molecule has 0 amide bonds. The maximum Gasteiger partial charge on any atom is 0.262 e. The lowest BCUT2D eigenvalue weighted by Gasteiger charge is -2.24. The molecule has 0 unspecified atom stereocenters. The lowest BCUT2D eigenvalue weighted by molar-refractivity contribution is 0.384. The van der Waals surface area contributed by atoms with Crippen molar-refractivity contribution in [1.82, 2.24) is 13.7 Å². The van der Waals surface area contributed by atoms with Gasteiger partial charge in [0.2, 0.25) is 0 Å². The van der Waals surface area contributed by atoms with Crippen molar-refractivity contribution < 1.29 is 0 Å². The molecule has 10 heteroatoms. The normalized spacial score (nSPS) is 12.7. The Hall–Kier alpha value is -6.55. The third kappa shape index (κ3) is 9.25. The zero-order valence-corrected chi connectivity index (χ0v) is 45.7. The molecule has 0 fully saturated rings. The number of fused-ring (bicyclic) bond motifs is 4. The zero-order chi connectivity index (χ0) is 53.2. The first-order valence-electron chi connectivity index (χ1n) is 29.3. The van der Waals surface area contributed by atoms with Gasteiger partial charge in [-0.3, -0.25) is 47.5 Å². The predicted molar refractivity (Wildman–Crippen MR) is 320 cm³/mol. The van der Waals surface area contributed by atoms with Crippen LogP contribution in [0.3, 0.4) is 0 Å². The Morgan fingerprint density at radius 1 is 0.368 bits per heavy atom. The molecule has 0 aliphatic carbocycles. The molecule has 7 aromatic carbocycles. The van der Waals surface area contributed by atoms with Gasteiger partial charge in [0.05, 0.1) is 17.3 Å². The van der Waals surface area contributed by atoms with Crippen molar-refractivity contribution in [3.05, 3.63) is 134 Å². The fraction of sp³-hybridized carbons (Fsp3) is 0.470. The molecular weight excluding hydrogens is 945 g/mol. The van der Waals surface area contributed by atoms with Crippen LogP contribution in [-0.2, 0) is 6.54 Å². The number of benzene rings is 7. The first kappa shape index (κ1) is 52.9. The number of hydrogen-bond donors (Lipinski definition) is 0. The minimum atomic E-state index is -0.479. The second-order valence-electron chi connectivity index (χ2n) is 22.3. The summed E-state index contributed by atoms with van der Waals surface area (Å²) >= 11 is 0. The molecule has 0 aliphatic heterocycles. The molecule has 76 heavy (non-hydrogen) atoms. The summed E-state index contributed by atoms with van der Waals surface area (Å²) in [4.78, 5) is 96.7. The molecule has 10 rings (SSSR count). The van der Waals surface area contributed by atoms with Gasteiger partial charge in [0.1, 0.15) is 0 Å². The van der Waals surface area contributed by atoms with Gasteiger partial charge in [-0.25, -0.2) is 0 Å². The van der Waals surface area contributed by atoms with E-state index < -0.39 is 11.1 Å². The predicted octanol–water partition coefficient (Wildman–Crippen LogP) is 14.9. The quantitative estimate of drug-likeness (QED) is 0.0208. The topological polar surface area (TPSA) is 130 Å². The summed E-state index contributed by atoms with van der Waals surface area (Å²) in [5.74, 6) is 0. The van der Waals surface area contributed by atoms with Gasteiger partial charge < -0.3 is 0 Å². The van der Waals surface area contributed by atoms with Crippen molar-refractivity contribution in [2.45, 2.75) is 195 Å². The molecular formula is C66H76N4O6. The van der Waals surface area contributed by atoms with Crippen LogP contribution in [0.2, 0.25) is 0 Å². The van der Waals surface area contributed by atoms with Crippen molar-refractivity contribution in [2.24, 2.45) is 4.99 Å². The number of hydrogen-bond acceptors (Lipinski definition) is 7. The molecule has 0 N–H and O–H groups in total. The fourth-order valence-corrected chi connectivity index (χ4v) is 13.1. The van der Waals surface area contributed by atoms with Gasteiger partial charge in [0.15, 0.2) is 0 Å². The fourth-order valence-electron chi connectivity index (χ4n) is 13.1. The molecule has 3 aromatic heterocycles. The van der Waals surface area contributed by atoms with E-state index in [4.69, 9.17) is 0 Å². The molecule has 3 heterocycles. The largest absolute Gasteiger partial charge is 0.293 e. The van der Waals surface area contributed by atoms with Crippen LogP contribution in [0.4, 0.5) is 0 Å². The minimum Gasteiger partial charge on any atom is -0.293 e. The average molecular weight is 1020 g/mol. The van der Waals surface area contributed by atoms with Crippen LogP contribution in [0.1, 0.15) is 199 Å². The summed E-state index contributed by atoms with van der Waals surface area (Å²) in [6.07, 6.45) is 23.1. The Kier molecular flexibility index (Phi) is 16.0. The standard InChI is InChI=1S/C66H76N4O6/c1-6-11-16-20-24-43(25-21-17-12-7-2)69-61(71)47-34-32-45-46-33-35-48-54-52(64(74)70(62(48)72)44(26-22-18-13-8-3)27-23-19-14-9-4)38-50-58(56(46)54)57-49(37-51(63(69)73)53(47)55(45)57)59-60(50)66(76)68(65(59)75)40-42-30-28-41(29-31-42)39-67-36-15-10-5/h28-35,37-39,43-44H,6-27,36,40H2,1-5H3. The Morgan fingerprint density at radius 3 is 1.13 bits per heavy atom. The van der Waals surface area contributed by atoms with E-state index in [-0.39, 0.29) is 51.6 Å². The Balaban J connectivity index is 1.29. The maximum atomic E-state index is 15.5. The molecule has 0 bridgehead atoms. The number of aromatic nitrogens is 3. The van der Waals surface area contributed by atoms with E-state index in [9.17, 15) is 0 Å². The van der Waals surface area contributed by atoms with Gasteiger partial charge in [-0.1, -0.05) is 180 Å². The molecule has 0 radical (unpaired) electrons. The molecule has 0 spiro atoms. The Morgan fingerprint density at radius 2 is 0.737 bits per heavy atom. The van der Waals surface area contributed by atoms with E-state index in [1.807, 2.05) is 54.7 Å². The summed E-state index contributed by atoms with van der Waals surface area (Å²) < 4.78 is 4.34. The number of nitrogens with zero attached hydrogens (tertiary/aromatic N) is 4. The van der Waals surface area contributed by atoms with E-state index in [1.165, 1.54) is 13.7 Å². The monoisotopic (exact) mass is 1020 g/mol. The van der Waals surface area contributed by atoms with Gasteiger partial charge >= 0.3 is 0 Å². The van der Waals surface area contributed by atoms with Crippen LogP contribution in [0.25, 0.3) is 86.2 Å². The molecule has 0 saturated heterocycles. The maximum absolute atomic E-state index is 15.5. The van der Waals surface area contributed by atoms with Crippen LogP contribution in [0.5, 0.6) is 0 Å². The minimum absolute atomic E-state index is 0.00612. The third-order valence-corrected chi connectivity index (χ3v) is 17.1. The van der Waals surface area contributed by atoms with E-state index in [0.29, 0.717) is 90.3 Å². The van der Waals surface area contributed by atoms with E-state index in [1.54, 1.807) is 12.1 Å². The number of aliphatic imine (C=N–C) groups is 1. The van der Waals surface area contributed by atoms with E-state index >= 15 is 28.8 Å². The summed E-state index contributed by atoms with van der Waals surface area (Å²) in [5.41, 5.74) is -0.635. The van der Waals surface area contributed by atoms with Crippen LogP contribution in [0, 0.1) is 0 Å². The molecule has 0 aliphatic rings. The zero-order valence-electron chi connectivity index (χ0n) is 45.7. The van der Waals surface area contributed by atoms with Gasteiger partial charge in [-0.05, 0) is 111 Å². The second kappa shape index (κ2) is 23.0. The highest BCUT2D eigenvalue weighted by Gasteiger charge is 2.31. The highest BCUT2D eigenvalue weighted by Crippen LogP contribution is 2.50. The summed E-state index contributed by atoms with van der Waals surface area (Å²) in [5, 5.41) is 8.20. The molecule has 10 aromatic rings. The van der Waals surface area contributed by atoms with E-state index in [0.717, 1.165) is 144 Å². The van der Waals surface area contributed by atoms with Crippen molar-refractivity contribution in [1.29, 1.82) is 0 Å². The first-order chi connectivity index (χ1) is 37.1. The first-order valence-corrected chi connectivity index (χ1v) is 29.3. The van der Waals surface area contributed by atoms with Crippen molar-refractivity contribution in [3.63, 3.8) is 0 Å². The molecule has 0 saturated carbocycles.